The second-order valence-electron chi connectivity index (χ2n) is 5.13. The van der Waals surface area contributed by atoms with E-state index >= 15 is 0 Å². The van der Waals surface area contributed by atoms with Crippen molar-refractivity contribution in [2.75, 3.05) is 5.32 Å². The molecule has 0 unspecified atom stereocenters. The van der Waals surface area contributed by atoms with Crippen LogP contribution in [-0.2, 0) is 6.54 Å². The van der Waals surface area contributed by atoms with E-state index in [4.69, 9.17) is 4.42 Å². The maximum atomic E-state index is 12.2. The Kier molecular flexibility index (Phi) is 4.90. The summed E-state index contributed by atoms with van der Waals surface area (Å²) in [5, 5.41) is 5.95. The predicted octanol–water partition coefficient (Wildman–Crippen LogP) is 3.81. The number of benzene rings is 1. The summed E-state index contributed by atoms with van der Waals surface area (Å²) >= 11 is 3.43. The van der Waals surface area contributed by atoms with Crippen LogP contribution in [0.2, 0.25) is 0 Å². The van der Waals surface area contributed by atoms with Gasteiger partial charge in [-0.05, 0) is 42.8 Å². The number of aryl methyl sites for hydroxylation is 1. The number of anilines is 2. The first-order chi connectivity index (χ1) is 11.6. The second kappa shape index (κ2) is 7.27. The highest BCUT2D eigenvalue weighted by Gasteiger charge is 2.10. The third kappa shape index (κ3) is 3.99. The normalized spacial score (nSPS) is 10.4. The molecular formula is C17H15BrN4O2. The Morgan fingerprint density at radius 1 is 1.25 bits per heavy atom. The van der Waals surface area contributed by atoms with Gasteiger partial charge in [0.15, 0.2) is 0 Å². The van der Waals surface area contributed by atoms with E-state index in [9.17, 15) is 4.79 Å². The minimum absolute atomic E-state index is 0.286. The van der Waals surface area contributed by atoms with Gasteiger partial charge in [-0.25, -0.2) is 9.97 Å². The van der Waals surface area contributed by atoms with Crippen LogP contribution >= 0.6 is 15.9 Å². The van der Waals surface area contributed by atoms with E-state index in [-0.39, 0.29) is 11.6 Å². The fourth-order valence-electron chi connectivity index (χ4n) is 2.13. The van der Waals surface area contributed by atoms with Gasteiger partial charge >= 0.3 is 0 Å². The molecule has 0 saturated carbocycles. The third-order valence-electron chi connectivity index (χ3n) is 3.35. The number of furan rings is 1. The van der Waals surface area contributed by atoms with Gasteiger partial charge in [0.05, 0.1) is 12.8 Å². The third-order valence-corrected chi connectivity index (χ3v) is 3.85. The Morgan fingerprint density at radius 2 is 2.12 bits per heavy atom. The van der Waals surface area contributed by atoms with Gasteiger partial charge in [-0.15, -0.1) is 0 Å². The smallest absolute Gasteiger partial charge is 0.270 e. The number of nitrogens with zero attached hydrogens (tertiary/aromatic N) is 2. The molecule has 7 heteroatoms. The second-order valence-corrected chi connectivity index (χ2v) is 6.05. The van der Waals surface area contributed by atoms with Gasteiger partial charge in [0.1, 0.15) is 23.6 Å². The quantitative estimate of drug-likeness (QED) is 0.696. The molecule has 0 spiro atoms. The Bertz CT molecular complexity index is 850. The van der Waals surface area contributed by atoms with Gasteiger partial charge in [0.25, 0.3) is 5.91 Å². The number of rotatable bonds is 5. The van der Waals surface area contributed by atoms with Crippen LogP contribution in [-0.4, -0.2) is 15.9 Å². The SMILES string of the molecule is Cc1cc(Br)ccc1Nc1cc(C(=O)NCc2ccco2)ncn1. The lowest BCUT2D eigenvalue weighted by Crippen LogP contribution is -2.23. The highest BCUT2D eigenvalue weighted by Crippen LogP contribution is 2.22. The van der Waals surface area contributed by atoms with Crippen LogP contribution in [0, 0.1) is 6.92 Å². The molecule has 2 heterocycles. The van der Waals surface area contributed by atoms with Crippen LogP contribution < -0.4 is 10.6 Å². The molecule has 24 heavy (non-hydrogen) atoms. The van der Waals surface area contributed by atoms with Gasteiger partial charge in [-0.3, -0.25) is 4.79 Å². The molecule has 0 bridgehead atoms. The number of carbonyl (C=O) groups excluding carboxylic acids is 1. The maximum Gasteiger partial charge on any atom is 0.270 e. The Hall–Kier alpha value is -2.67. The van der Waals surface area contributed by atoms with Crippen molar-refractivity contribution in [3.63, 3.8) is 0 Å². The summed E-state index contributed by atoms with van der Waals surface area (Å²) in [5.41, 5.74) is 2.26. The average Bonchev–Trinajstić information content (AvgIpc) is 3.09. The first-order valence-electron chi connectivity index (χ1n) is 7.27. The van der Waals surface area contributed by atoms with Crippen LogP contribution in [0.5, 0.6) is 0 Å². The summed E-state index contributed by atoms with van der Waals surface area (Å²) < 4.78 is 6.19. The molecule has 0 aliphatic rings. The molecule has 0 radical (unpaired) electrons. The fourth-order valence-corrected chi connectivity index (χ4v) is 2.60. The van der Waals surface area contributed by atoms with Crippen molar-refractivity contribution in [3.05, 3.63) is 70.5 Å². The van der Waals surface area contributed by atoms with Crippen LogP contribution in [0.3, 0.4) is 0 Å². The monoisotopic (exact) mass is 386 g/mol. The van der Waals surface area contributed by atoms with Crippen LogP contribution in [0.25, 0.3) is 0 Å². The Morgan fingerprint density at radius 3 is 2.88 bits per heavy atom. The molecule has 0 atom stereocenters. The minimum atomic E-state index is -0.288. The summed E-state index contributed by atoms with van der Waals surface area (Å²) in [6.45, 7) is 2.30. The summed E-state index contributed by atoms with van der Waals surface area (Å²) in [6, 6.07) is 11.1. The predicted molar refractivity (Wildman–Crippen MR) is 94.1 cm³/mol. The molecule has 0 saturated heterocycles. The lowest BCUT2D eigenvalue weighted by atomic mass is 10.2. The first kappa shape index (κ1) is 16.2. The van der Waals surface area contributed by atoms with Gasteiger partial charge in [-0.1, -0.05) is 15.9 Å². The standard InChI is InChI=1S/C17H15BrN4O2/c1-11-7-12(18)4-5-14(11)22-16-8-15(20-10-21-16)17(23)19-9-13-3-2-6-24-13/h2-8,10H,9H2,1H3,(H,19,23)(H,20,21,22). The molecule has 122 valence electrons. The van der Waals surface area contributed by atoms with Gasteiger partial charge < -0.3 is 15.1 Å². The molecule has 6 nitrogen and oxygen atoms in total. The fraction of sp³-hybridized carbons (Fsp3) is 0.118. The number of aromatic nitrogens is 2. The van der Waals surface area contributed by atoms with Crippen molar-refractivity contribution in [1.82, 2.24) is 15.3 Å². The zero-order valence-electron chi connectivity index (χ0n) is 12.9. The molecule has 1 amide bonds. The molecule has 3 rings (SSSR count). The topological polar surface area (TPSA) is 80.0 Å². The highest BCUT2D eigenvalue weighted by molar-refractivity contribution is 9.10. The zero-order chi connectivity index (χ0) is 16.9. The van der Waals surface area contributed by atoms with E-state index in [0.29, 0.717) is 18.1 Å². The molecule has 2 aromatic heterocycles. The van der Waals surface area contributed by atoms with Crippen molar-refractivity contribution >= 4 is 33.3 Å². The van der Waals surface area contributed by atoms with E-state index < -0.39 is 0 Å². The number of hydrogen-bond donors (Lipinski definition) is 2. The van der Waals surface area contributed by atoms with Gasteiger partial charge in [0, 0.05) is 16.2 Å². The first-order valence-corrected chi connectivity index (χ1v) is 8.07. The maximum absolute atomic E-state index is 12.2. The van der Waals surface area contributed by atoms with E-state index in [0.717, 1.165) is 15.7 Å². The number of hydrogen-bond acceptors (Lipinski definition) is 5. The van der Waals surface area contributed by atoms with E-state index in [2.05, 4.69) is 36.5 Å². The molecule has 0 fully saturated rings. The average molecular weight is 387 g/mol. The highest BCUT2D eigenvalue weighted by atomic mass is 79.9. The number of nitrogens with one attached hydrogen (secondary N) is 2. The molecule has 3 aromatic rings. The zero-order valence-corrected chi connectivity index (χ0v) is 14.5. The largest absolute Gasteiger partial charge is 0.467 e. The van der Waals surface area contributed by atoms with Crippen molar-refractivity contribution in [2.24, 2.45) is 0 Å². The summed E-state index contributed by atoms with van der Waals surface area (Å²) in [6.07, 6.45) is 2.92. The van der Waals surface area contributed by atoms with Crippen molar-refractivity contribution in [2.45, 2.75) is 13.5 Å². The molecule has 2 N–H and O–H groups in total. The lowest BCUT2D eigenvalue weighted by Gasteiger charge is -2.10. The van der Waals surface area contributed by atoms with E-state index in [1.807, 2.05) is 25.1 Å². The van der Waals surface area contributed by atoms with Crippen LogP contribution in [0.4, 0.5) is 11.5 Å². The summed E-state index contributed by atoms with van der Waals surface area (Å²) in [4.78, 5) is 20.4. The lowest BCUT2D eigenvalue weighted by molar-refractivity contribution is 0.0943. The van der Waals surface area contributed by atoms with E-state index in [1.54, 1.807) is 24.5 Å². The molecule has 0 aliphatic heterocycles. The molecular weight excluding hydrogens is 372 g/mol. The summed E-state index contributed by atoms with van der Waals surface area (Å²) in [5.74, 6) is 0.948. The van der Waals surface area contributed by atoms with Crippen LogP contribution in [0.15, 0.2) is 57.9 Å². The minimum Gasteiger partial charge on any atom is -0.467 e. The van der Waals surface area contributed by atoms with Crippen molar-refractivity contribution in [3.8, 4) is 0 Å². The summed E-state index contributed by atoms with van der Waals surface area (Å²) in [7, 11) is 0. The molecule has 0 aliphatic carbocycles. The van der Waals surface area contributed by atoms with E-state index in [1.165, 1.54) is 6.33 Å². The molecule has 1 aromatic carbocycles. The number of carbonyl (C=O) groups is 1. The number of halogens is 1. The van der Waals surface area contributed by atoms with Crippen LogP contribution in [0.1, 0.15) is 21.8 Å². The number of amides is 1. The Labute approximate surface area is 147 Å². The van der Waals surface area contributed by atoms with Crippen molar-refractivity contribution in [1.29, 1.82) is 0 Å². The van der Waals surface area contributed by atoms with Gasteiger partial charge in [0.2, 0.25) is 0 Å². The van der Waals surface area contributed by atoms with Gasteiger partial charge in [-0.2, -0.15) is 0 Å². The Balaban J connectivity index is 1.70. The van der Waals surface area contributed by atoms with Crippen molar-refractivity contribution < 1.29 is 9.21 Å².